The van der Waals surface area contributed by atoms with Crippen molar-refractivity contribution >= 4 is 23.0 Å². The molecular weight excluding hydrogens is 451 g/mol. The molecule has 1 saturated heterocycles. The zero-order chi connectivity index (χ0) is 23.9. The summed E-state index contributed by atoms with van der Waals surface area (Å²) in [5, 5.41) is 3.73. The van der Waals surface area contributed by atoms with Gasteiger partial charge in [0, 0.05) is 48.6 Å². The highest BCUT2D eigenvalue weighted by molar-refractivity contribution is 7.80. The van der Waals surface area contributed by atoms with Gasteiger partial charge < -0.3 is 15.0 Å². The minimum Gasteiger partial charge on any atom is -0.481 e. The van der Waals surface area contributed by atoms with Gasteiger partial charge in [-0.05, 0) is 43.9 Å². The number of aryl methyl sites for hydroxylation is 2. The quantitative estimate of drug-likeness (QED) is 0.556. The Morgan fingerprint density at radius 2 is 2.03 bits per heavy atom. The first kappa shape index (κ1) is 22.6. The third-order valence-corrected chi connectivity index (χ3v) is 7.54. The Bertz CT molecular complexity index is 1240. The van der Waals surface area contributed by atoms with E-state index in [1.165, 1.54) is 18.9 Å². The molecule has 0 aliphatic carbocycles. The van der Waals surface area contributed by atoms with E-state index in [0.717, 1.165) is 54.4 Å². The number of nitrogens with one attached hydrogen (secondary N) is 1. The van der Waals surface area contributed by atoms with Crippen molar-refractivity contribution in [1.82, 2.24) is 24.8 Å². The van der Waals surface area contributed by atoms with Gasteiger partial charge in [-0.25, -0.2) is 24.3 Å². The van der Waals surface area contributed by atoms with Crippen molar-refractivity contribution < 1.29 is 9.13 Å². The van der Waals surface area contributed by atoms with Gasteiger partial charge in [0.1, 0.15) is 11.6 Å². The molecule has 5 heterocycles. The molecule has 176 valence electrons. The van der Waals surface area contributed by atoms with Gasteiger partial charge in [-0.3, -0.25) is 0 Å². The van der Waals surface area contributed by atoms with E-state index in [2.05, 4.69) is 31.2 Å². The summed E-state index contributed by atoms with van der Waals surface area (Å²) in [5.74, 6) is 1.38. The lowest BCUT2D eigenvalue weighted by molar-refractivity contribution is 0.393. The number of likely N-dealkylation sites (tertiary alicyclic amines) is 1. The molecule has 0 saturated carbocycles. The van der Waals surface area contributed by atoms with E-state index in [0.29, 0.717) is 17.3 Å². The molecule has 0 radical (unpaired) electrons. The maximum Gasteiger partial charge on any atom is 0.213 e. The van der Waals surface area contributed by atoms with Crippen molar-refractivity contribution in [3.05, 3.63) is 59.4 Å². The zero-order valence-electron chi connectivity index (χ0n) is 19.5. The van der Waals surface area contributed by atoms with E-state index < -0.39 is 0 Å². The average Bonchev–Trinajstić information content (AvgIpc) is 3.26. The smallest absolute Gasteiger partial charge is 0.213 e. The number of halogens is 1. The minimum atomic E-state index is -0.368. The van der Waals surface area contributed by atoms with E-state index in [1.54, 1.807) is 18.5 Å². The molecule has 9 heteroatoms. The molecule has 0 bridgehead atoms. The van der Waals surface area contributed by atoms with Gasteiger partial charge in [0.05, 0.1) is 29.5 Å². The van der Waals surface area contributed by atoms with Gasteiger partial charge in [0.2, 0.25) is 5.88 Å². The third kappa shape index (κ3) is 4.09. The lowest BCUT2D eigenvalue weighted by Crippen LogP contribution is -2.45. The van der Waals surface area contributed by atoms with Crippen molar-refractivity contribution in [2.45, 2.75) is 44.6 Å². The maximum atomic E-state index is 14.5. The van der Waals surface area contributed by atoms with Crippen LogP contribution in [0.4, 0.5) is 10.2 Å². The fourth-order valence-corrected chi connectivity index (χ4v) is 5.23. The van der Waals surface area contributed by atoms with Crippen LogP contribution in [0.1, 0.15) is 42.5 Å². The highest BCUT2D eigenvalue weighted by Gasteiger charge is 2.42. The Balaban J connectivity index is 1.33. The Kier molecular flexibility index (Phi) is 5.89. The molecule has 34 heavy (non-hydrogen) atoms. The van der Waals surface area contributed by atoms with Gasteiger partial charge in [-0.2, -0.15) is 0 Å². The number of thiocarbonyl (C=S) groups is 1. The van der Waals surface area contributed by atoms with Crippen LogP contribution < -0.4 is 10.1 Å². The molecule has 3 aromatic rings. The van der Waals surface area contributed by atoms with Gasteiger partial charge in [0.15, 0.2) is 5.82 Å². The SMILES string of the molecule is COc1cc(C(C)C(=S)N2CC[C@@]3(CCc4cc(-c5ncccn5)c(C)nc4N3)C2)c(F)cn1. The number of rotatable bonds is 4. The molecule has 2 aliphatic heterocycles. The molecular formula is C25H27FN6OS. The molecule has 0 amide bonds. The highest BCUT2D eigenvalue weighted by atomic mass is 32.1. The van der Waals surface area contributed by atoms with Crippen molar-refractivity contribution in [3.63, 3.8) is 0 Å². The summed E-state index contributed by atoms with van der Waals surface area (Å²) in [5.41, 5.74) is 3.45. The van der Waals surface area contributed by atoms with Gasteiger partial charge >= 0.3 is 0 Å². The standard InChI is InChI=1S/C25H27FN6OS/c1-15(18-12-21(33-3)29-13-20(18)26)24(34)32-10-7-25(14-32)6-5-17-11-19(16(2)30-22(17)31-25)23-27-8-4-9-28-23/h4,8-9,11-13,15H,5-7,10,14H2,1-3H3,(H,30,31)/t15?,25-/m0/s1. The van der Waals surface area contributed by atoms with Crippen LogP contribution in [-0.4, -0.2) is 55.6 Å². The molecule has 1 unspecified atom stereocenters. The van der Waals surface area contributed by atoms with Gasteiger partial charge in [-0.1, -0.05) is 19.1 Å². The number of methoxy groups -OCH3 is 1. The first-order chi connectivity index (χ1) is 16.4. The lowest BCUT2D eigenvalue weighted by atomic mass is 9.86. The Morgan fingerprint density at radius 3 is 2.79 bits per heavy atom. The zero-order valence-corrected chi connectivity index (χ0v) is 20.3. The summed E-state index contributed by atoms with van der Waals surface area (Å²) >= 11 is 5.82. The number of hydrogen-bond donors (Lipinski definition) is 1. The van der Waals surface area contributed by atoms with E-state index >= 15 is 0 Å². The second-order valence-electron chi connectivity index (χ2n) is 9.09. The van der Waals surface area contributed by atoms with Crippen LogP contribution in [0.3, 0.4) is 0 Å². The van der Waals surface area contributed by atoms with Crippen molar-refractivity contribution in [1.29, 1.82) is 0 Å². The second-order valence-corrected chi connectivity index (χ2v) is 9.50. The molecule has 3 aromatic heterocycles. The number of aromatic nitrogens is 4. The minimum absolute atomic E-state index is 0.102. The summed E-state index contributed by atoms with van der Waals surface area (Å²) in [6.45, 7) is 5.52. The molecule has 1 spiro atoms. The van der Waals surface area contributed by atoms with Crippen molar-refractivity contribution in [2.75, 3.05) is 25.5 Å². The van der Waals surface area contributed by atoms with E-state index in [4.69, 9.17) is 21.9 Å². The summed E-state index contributed by atoms with van der Waals surface area (Å²) in [6.07, 6.45) is 7.54. The Morgan fingerprint density at radius 1 is 1.24 bits per heavy atom. The molecule has 1 fully saturated rings. The van der Waals surface area contributed by atoms with Crippen LogP contribution in [0.5, 0.6) is 5.88 Å². The van der Waals surface area contributed by atoms with Crippen LogP contribution in [0.15, 0.2) is 36.8 Å². The predicted molar refractivity (Wildman–Crippen MR) is 133 cm³/mol. The van der Waals surface area contributed by atoms with Crippen LogP contribution in [0.25, 0.3) is 11.4 Å². The van der Waals surface area contributed by atoms with Crippen LogP contribution in [0, 0.1) is 12.7 Å². The van der Waals surface area contributed by atoms with E-state index in [9.17, 15) is 4.39 Å². The number of ether oxygens (including phenoxy) is 1. The summed E-state index contributed by atoms with van der Waals surface area (Å²) in [4.78, 5) is 20.5. The van der Waals surface area contributed by atoms with Crippen LogP contribution >= 0.6 is 12.2 Å². The normalized spacial score (nSPS) is 20.1. The number of hydrogen-bond acceptors (Lipinski definition) is 7. The second kappa shape index (κ2) is 8.87. The Labute approximate surface area is 203 Å². The fraction of sp³-hybridized carbons (Fsp3) is 0.400. The number of pyridine rings is 2. The largest absolute Gasteiger partial charge is 0.481 e. The monoisotopic (exact) mass is 478 g/mol. The fourth-order valence-electron chi connectivity index (χ4n) is 4.95. The topological polar surface area (TPSA) is 76.1 Å². The highest BCUT2D eigenvalue weighted by Crippen LogP contribution is 2.39. The van der Waals surface area contributed by atoms with E-state index in [1.807, 2.05) is 19.9 Å². The summed E-state index contributed by atoms with van der Waals surface area (Å²) in [7, 11) is 1.52. The molecule has 7 nitrogen and oxygen atoms in total. The van der Waals surface area contributed by atoms with Gasteiger partial charge in [-0.15, -0.1) is 0 Å². The molecule has 5 rings (SSSR count). The first-order valence-corrected chi connectivity index (χ1v) is 11.8. The number of nitrogens with zero attached hydrogens (tertiary/aromatic N) is 5. The Hall–Kier alpha value is -3.20. The molecule has 2 atom stereocenters. The third-order valence-electron chi connectivity index (χ3n) is 6.93. The van der Waals surface area contributed by atoms with E-state index in [-0.39, 0.29) is 17.3 Å². The molecule has 2 aliphatic rings. The van der Waals surface area contributed by atoms with Crippen LogP contribution in [0.2, 0.25) is 0 Å². The molecule has 0 aromatic carbocycles. The summed E-state index contributed by atoms with van der Waals surface area (Å²) in [6, 6.07) is 5.60. The number of anilines is 1. The first-order valence-electron chi connectivity index (χ1n) is 11.4. The van der Waals surface area contributed by atoms with Crippen molar-refractivity contribution in [2.24, 2.45) is 0 Å². The van der Waals surface area contributed by atoms with Crippen molar-refractivity contribution in [3.8, 4) is 17.3 Å². The average molecular weight is 479 g/mol. The number of fused-ring (bicyclic) bond motifs is 1. The van der Waals surface area contributed by atoms with Crippen LogP contribution in [-0.2, 0) is 6.42 Å². The van der Waals surface area contributed by atoms with Gasteiger partial charge in [0.25, 0.3) is 0 Å². The summed E-state index contributed by atoms with van der Waals surface area (Å²) < 4.78 is 19.7. The lowest BCUT2D eigenvalue weighted by Gasteiger charge is -2.37. The maximum absolute atomic E-state index is 14.5. The molecule has 1 N–H and O–H groups in total. The predicted octanol–water partition coefficient (Wildman–Crippen LogP) is 4.32.